The summed E-state index contributed by atoms with van der Waals surface area (Å²) < 4.78 is 6.42. The van der Waals surface area contributed by atoms with Gasteiger partial charge in [0.2, 0.25) is 0 Å². The molecule has 2 aromatic rings. The van der Waals surface area contributed by atoms with Crippen molar-refractivity contribution in [3.05, 3.63) is 77.4 Å². The Kier molecular flexibility index (Phi) is 9.04. The van der Waals surface area contributed by atoms with Gasteiger partial charge >= 0.3 is 0 Å². The zero-order chi connectivity index (χ0) is 24.6. The molecule has 0 radical (unpaired) electrons. The fourth-order valence-corrected chi connectivity index (χ4v) is 5.37. The lowest BCUT2D eigenvalue weighted by molar-refractivity contribution is 0.134. The monoisotopic (exact) mass is 473 g/mol. The molecule has 4 nitrogen and oxygen atoms in total. The molecule has 4 rings (SSSR count). The third-order valence-corrected chi connectivity index (χ3v) is 7.42. The van der Waals surface area contributed by atoms with E-state index < -0.39 is 12.2 Å². The largest absolute Gasteiger partial charge is 0.489 e. The van der Waals surface area contributed by atoms with Crippen LogP contribution in [-0.4, -0.2) is 35.1 Å². The second-order valence-electron chi connectivity index (χ2n) is 10.0. The van der Waals surface area contributed by atoms with Crippen molar-refractivity contribution < 1.29 is 14.9 Å². The lowest BCUT2D eigenvalue weighted by Gasteiger charge is -2.19. The van der Waals surface area contributed by atoms with Crippen LogP contribution in [0.1, 0.15) is 62.1 Å². The lowest BCUT2D eigenvalue weighted by Crippen LogP contribution is -2.19. The van der Waals surface area contributed by atoms with Crippen molar-refractivity contribution in [1.29, 1.82) is 0 Å². The number of ether oxygens (including phenoxy) is 1. The Balaban J connectivity index is 1.33. The minimum absolute atomic E-state index is 0.00358. The van der Waals surface area contributed by atoms with E-state index in [0.29, 0.717) is 12.8 Å². The van der Waals surface area contributed by atoms with Gasteiger partial charge in [0.25, 0.3) is 0 Å². The van der Waals surface area contributed by atoms with E-state index in [2.05, 4.69) is 59.6 Å². The molecule has 0 amide bonds. The number of fused-ring (bicyclic) bond motifs is 3. The Bertz CT molecular complexity index is 1040. The van der Waals surface area contributed by atoms with Crippen LogP contribution in [0.25, 0.3) is 0 Å². The Morgan fingerprint density at radius 1 is 1.14 bits per heavy atom. The van der Waals surface area contributed by atoms with Crippen LogP contribution in [-0.2, 0) is 13.0 Å². The second-order valence-corrected chi connectivity index (χ2v) is 10.0. The highest BCUT2D eigenvalue weighted by molar-refractivity contribution is 5.49. The van der Waals surface area contributed by atoms with E-state index >= 15 is 0 Å². The maximum atomic E-state index is 10.7. The first-order valence-electron chi connectivity index (χ1n) is 13.1. The molecule has 0 saturated heterocycles. The van der Waals surface area contributed by atoms with Gasteiger partial charge in [-0.1, -0.05) is 67.6 Å². The molecule has 1 fully saturated rings. The molecular formula is C31H39NO3. The van der Waals surface area contributed by atoms with Gasteiger partial charge in [0.05, 0.1) is 12.2 Å². The highest BCUT2D eigenvalue weighted by Gasteiger charge is 2.48. The number of rotatable bonds is 11. The molecule has 2 aromatic carbocycles. The molecule has 3 N–H and O–H groups in total. The van der Waals surface area contributed by atoms with E-state index in [1.165, 1.54) is 16.7 Å². The summed E-state index contributed by atoms with van der Waals surface area (Å²) in [5, 5.41) is 24.8. The molecule has 2 aliphatic rings. The molecule has 1 aliphatic carbocycles. The summed E-state index contributed by atoms with van der Waals surface area (Å²) in [4.78, 5) is 0. The topological polar surface area (TPSA) is 61.7 Å². The Morgan fingerprint density at radius 2 is 1.97 bits per heavy atom. The summed E-state index contributed by atoms with van der Waals surface area (Å²) in [5.41, 5.74) is 3.79. The maximum Gasteiger partial charge on any atom is 0.126 e. The van der Waals surface area contributed by atoms with Crippen LogP contribution < -0.4 is 10.1 Å². The average Bonchev–Trinajstić information content (AvgIpc) is 3.38. The van der Waals surface area contributed by atoms with Crippen LogP contribution in [0.2, 0.25) is 0 Å². The average molecular weight is 474 g/mol. The Morgan fingerprint density at radius 3 is 2.77 bits per heavy atom. The van der Waals surface area contributed by atoms with Crippen LogP contribution in [0.4, 0.5) is 0 Å². The van der Waals surface area contributed by atoms with Gasteiger partial charge in [0, 0.05) is 36.8 Å². The molecule has 1 aliphatic heterocycles. The summed E-state index contributed by atoms with van der Waals surface area (Å²) >= 11 is 0. The fourth-order valence-electron chi connectivity index (χ4n) is 5.37. The van der Waals surface area contributed by atoms with Gasteiger partial charge in [0.15, 0.2) is 0 Å². The van der Waals surface area contributed by atoms with Gasteiger partial charge < -0.3 is 20.3 Å². The quantitative estimate of drug-likeness (QED) is 0.244. The highest BCUT2D eigenvalue weighted by Crippen LogP contribution is 2.52. The number of hydrogen-bond acceptors (Lipinski definition) is 4. The number of nitrogens with one attached hydrogen (secondary N) is 1. The smallest absolute Gasteiger partial charge is 0.126 e. The first kappa shape index (κ1) is 25.5. The second kappa shape index (κ2) is 12.4. The van der Waals surface area contributed by atoms with Crippen LogP contribution in [0.3, 0.4) is 0 Å². The third-order valence-electron chi connectivity index (χ3n) is 7.42. The standard InChI is InChI=1S/C31H39NO3/c1-3-4-11-22(2)27(33)18-17-25-28(34)20-29-30(25)26-16-10-15-24(31(26)35-29)14-8-9-19-32-21-23-12-6-5-7-13-23/h5-7,10,12-13,15-18,22,25,27-30,32-34H,8-9,11,14,19-21H2,1-2H3/t22-,25+,27-,28-,29+,30+/m1/s1. The first-order chi connectivity index (χ1) is 17.1. The SMILES string of the molecule is CC#CC[C@@H](C)[C@H](O)C=C[C@@H]1[C@H]2c3cccc(CCCCNCc4ccccc4)c3O[C@H]2C[C@H]1O. The van der Waals surface area contributed by atoms with Crippen LogP contribution >= 0.6 is 0 Å². The minimum atomic E-state index is -0.564. The maximum absolute atomic E-state index is 10.7. The Hall–Kier alpha value is -2.58. The molecule has 6 atom stereocenters. The molecule has 0 unspecified atom stereocenters. The van der Waals surface area contributed by atoms with Gasteiger partial charge in [-0.05, 0) is 49.8 Å². The van der Waals surface area contributed by atoms with E-state index in [1.54, 1.807) is 0 Å². The number of aryl methyl sites for hydroxylation is 1. The fraction of sp³-hybridized carbons (Fsp3) is 0.484. The number of benzene rings is 2. The Labute approximate surface area is 210 Å². The van der Waals surface area contributed by atoms with Crippen molar-refractivity contribution in [1.82, 2.24) is 5.32 Å². The molecule has 0 aromatic heterocycles. The van der Waals surface area contributed by atoms with E-state index in [4.69, 9.17) is 4.74 Å². The normalized spacial score (nSPS) is 24.3. The molecule has 1 heterocycles. The molecular weight excluding hydrogens is 434 g/mol. The van der Waals surface area contributed by atoms with Crippen molar-refractivity contribution in [3.63, 3.8) is 0 Å². The molecule has 0 bridgehead atoms. The molecule has 4 heteroatoms. The number of unbranched alkanes of at least 4 members (excludes halogenated alkanes) is 1. The zero-order valence-corrected chi connectivity index (χ0v) is 21.0. The van der Waals surface area contributed by atoms with Gasteiger partial charge in [-0.3, -0.25) is 0 Å². The van der Waals surface area contributed by atoms with Gasteiger partial charge in [-0.2, -0.15) is 0 Å². The molecule has 0 spiro atoms. The van der Waals surface area contributed by atoms with Crippen LogP contribution in [0.5, 0.6) is 5.75 Å². The zero-order valence-electron chi connectivity index (χ0n) is 21.0. The predicted octanol–water partition coefficient (Wildman–Crippen LogP) is 4.99. The van der Waals surface area contributed by atoms with E-state index in [9.17, 15) is 10.2 Å². The van der Waals surface area contributed by atoms with Crippen molar-refractivity contribution in [2.45, 2.75) is 76.7 Å². The molecule has 186 valence electrons. The number of hydrogen-bond donors (Lipinski definition) is 3. The first-order valence-corrected chi connectivity index (χ1v) is 13.1. The van der Waals surface area contributed by atoms with Gasteiger partial charge in [-0.15, -0.1) is 11.8 Å². The lowest BCUT2D eigenvalue weighted by atomic mass is 9.86. The summed E-state index contributed by atoms with van der Waals surface area (Å²) in [7, 11) is 0. The van der Waals surface area contributed by atoms with Gasteiger partial charge in [-0.25, -0.2) is 0 Å². The van der Waals surface area contributed by atoms with E-state index in [-0.39, 0.29) is 23.9 Å². The third kappa shape index (κ3) is 6.35. The summed E-state index contributed by atoms with van der Waals surface area (Å²) in [5.74, 6) is 7.12. The summed E-state index contributed by atoms with van der Waals surface area (Å²) in [6.45, 7) is 5.73. The highest BCUT2D eigenvalue weighted by atomic mass is 16.5. The van der Waals surface area contributed by atoms with E-state index in [1.807, 2.05) is 32.1 Å². The van der Waals surface area contributed by atoms with Crippen molar-refractivity contribution in [2.24, 2.45) is 11.8 Å². The van der Waals surface area contributed by atoms with Crippen molar-refractivity contribution in [3.8, 4) is 17.6 Å². The number of aliphatic hydroxyl groups excluding tert-OH is 2. The molecule has 1 saturated carbocycles. The predicted molar refractivity (Wildman–Crippen MR) is 141 cm³/mol. The van der Waals surface area contributed by atoms with Crippen molar-refractivity contribution >= 4 is 0 Å². The molecule has 35 heavy (non-hydrogen) atoms. The number of aliphatic hydroxyl groups is 2. The van der Waals surface area contributed by atoms with Crippen molar-refractivity contribution in [2.75, 3.05) is 6.54 Å². The van der Waals surface area contributed by atoms with Crippen LogP contribution in [0.15, 0.2) is 60.7 Å². The summed E-state index contributed by atoms with van der Waals surface area (Å²) in [6.07, 6.45) is 7.36. The summed E-state index contributed by atoms with van der Waals surface area (Å²) in [6, 6.07) is 17.0. The van der Waals surface area contributed by atoms with Gasteiger partial charge in [0.1, 0.15) is 11.9 Å². The number of para-hydroxylation sites is 1. The van der Waals surface area contributed by atoms with E-state index in [0.717, 1.165) is 38.1 Å². The van der Waals surface area contributed by atoms with Crippen LogP contribution in [0, 0.1) is 23.7 Å². The minimum Gasteiger partial charge on any atom is -0.489 e.